The van der Waals surface area contributed by atoms with Crippen LogP contribution in [-0.2, 0) is 19.1 Å². The lowest BCUT2D eigenvalue weighted by Gasteiger charge is -2.21. The number of rotatable bonds is 7. The zero-order chi connectivity index (χ0) is 31.1. The van der Waals surface area contributed by atoms with Crippen LogP contribution in [0.25, 0.3) is 11.1 Å². The first-order valence-electron chi connectivity index (χ1n) is 14.0. The maximum absolute atomic E-state index is 13.8. The Morgan fingerprint density at radius 3 is 1.64 bits per heavy atom. The average Bonchev–Trinajstić information content (AvgIpc) is 3.57. The van der Waals surface area contributed by atoms with E-state index in [9.17, 15) is 19.2 Å². The molecule has 12 heteroatoms. The molecule has 0 radical (unpaired) electrons. The van der Waals surface area contributed by atoms with Crippen molar-refractivity contribution in [1.82, 2.24) is 9.80 Å². The van der Waals surface area contributed by atoms with Crippen molar-refractivity contribution in [2.24, 2.45) is 9.98 Å². The number of amides is 2. The molecule has 0 aromatic heterocycles. The second-order valence-electron chi connectivity index (χ2n) is 10.7. The first kappa shape index (κ1) is 28.8. The van der Waals surface area contributed by atoms with Crippen LogP contribution in [0.3, 0.4) is 0 Å². The highest BCUT2D eigenvalue weighted by molar-refractivity contribution is 6.07. The van der Waals surface area contributed by atoms with Crippen molar-refractivity contribution in [3.8, 4) is 22.6 Å². The molecular formula is C32H30N4O8. The summed E-state index contributed by atoms with van der Waals surface area (Å²) in [7, 11) is 5.68. The van der Waals surface area contributed by atoms with Crippen LogP contribution in [-0.4, -0.2) is 86.5 Å². The average molecular weight is 599 g/mol. The Kier molecular flexibility index (Phi) is 7.50. The summed E-state index contributed by atoms with van der Waals surface area (Å²) < 4.78 is 21.0. The lowest BCUT2D eigenvalue weighted by atomic mass is 9.96. The van der Waals surface area contributed by atoms with Crippen molar-refractivity contribution in [2.75, 3.05) is 28.4 Å². The Morgan fingerprint density at radius 2 is 1.14 bits per heavy atom. The molecule has 0 saturated carbocycles. The minimum atomic E-state index is -0.375. The fraction of sp³-hybridized carbons (Fsp3) is 0.312. The number of benzene rings is 2. The Bertz CT molecular complexity index is 1720. The van der Waals surface area contributed by atoms with Gasteiger partial charge in [0.2, 0.25) is 0 Å². The maximum atomic E-state index is 13.8. The summed E-state index contributed by atoms with van der Waals surface area (Å²) in [5, 5.41) is 0. The summed E-state index contributed by atoms with van der Waals surface area (Å²) in [4.78, 5) is 63.5. The van der Waals surface area contributed by atoms with Gasteiger partial charge in [-0.1, -0.05) is 0 Å². The Hall–Kier alpha value is -5.26. The van der Waals surface area contributed by atoms with E-state index in [4.69, 9.17) is 18.9 Å². The molecule has 0 bridgehead atoms. The van der Waals surface area contributed by atoms with Gasteiger partial charge >= 0.3 is 11.9 Å². The van der Waals surface area contributed by atoms with E-state index in [-0.39, 0.29) is 48.7 Å². The number of nitrogens with zero attached hydrogens (tertiary/aromatic N) is 4. The van der Waals surface area contributed by atoms with Crippen LogP contribution < -0.4 is 9.47 Å². The van der Waals surface area contributed by atoms with E-state index in [0.29, 0.717) is 58.0 Å². The molecule has 4 aliphatic rings. The number of fused-ring (bicyclic) bond motifs is 4. The molecule has 4 aliphatic heterocycles. The molecule has 226 valence electrons. The van der Waals surface area contributed by atoms with Gasteiger partial charge in [0.1, 0.15) is 11.5 Å². The van der Waals surface area contributed by atoms with E-state index in [2.05, 4.69) is 9.98 Å². The van der Waals surface area contributed by atoms with Gasteiger partial charge in [-0.15, -0.1) is 0 Å². The molecule has 0 saturated heterocycles. The number of aliphatic imine (C=N–C) groups is 2. The van der Waals surface area contributed by atoms with E-state index in [1.807, 2.05) is 0 Å². The fourth-order valence-electron chi connectivity index (χ4n) is 5.91. The van der Waals surface area contributed by atoms with Crippen LogP contribution in [0.5, 0.6) is 11.5 Å². The number of methoxy groups -OCH3 is 4. The summed E-state index contributed by atoms with van der Waals surface area (Å²) >= 11 is 0. The fourth-order valence-corrected chi connectivity index (χ4v) is 5.91. The first-order valence-corrected chi connectivity index (χ1v) is 14.0. The molecular weight excluding hydrogens is 568 g/mol. The van der Waals surface area contributed by atoms with Crippen molar-refractivity contribution in [2.45, 2.75) is 37.8 Å². The number of hydrogen-bond acceptors (Lipinski definition) is 10. The maximum Gasteiger partial charge on any atom is 0.309 e. The summed E-state index contributed by atoms with van der Waals surface area (Å²) in [6.07, 6.45) is 7.91. The van der Waals surface area contributed by atoms with Crippen LogP contribution in [0, 0.1) is 0 Å². The number of ether oxygens (including phenoxy) is 4. The summed E-state index contributed by atoms with van der Waals surface area (Å²) in [5.41, 5.74) is 4.24. The first-order chi connectivity index (χ1) is 21.2. The standard InChI is InChI=1S/C32H30N4O8/c1-41-27-11-24-25(33-13-19-5-18(8-30(38)44-4)16-36(19)32(24)40)10-22(27)21-9-23-26(12-28(21)42-2)34-14-20-6-17(7-29(37)43-3)15-35(20)31(23)39/h9-16,19-20H,5-8H2,1-4H3/t19?,20-/m0/s1. The Balaban J connectivity index is 1.39. The third-order valence-electron chi connectivity index (χ3n) is 8.13. The van der Waals surface area contributed by atoms with Gasteiger partial charge in [-0.3, -0.25) is 29.2 Å². The molecule has 1 unspecified atom stereocenters. The van der Waals surface area contributed by atoms with Crippen molar-refractivity contribution in [3.63, 3.8) is 0 Å². The normalized spacial score (nSPS) is 19.6. The van der Waals surface area contributed by atoms with Gasteiger partial charge in [0, 0.05) is 42.0 Å². The zero-order valence-electron chi connectivity index (χ0n) is 24.7. The molecule has 0 spiro atoms. The SMILES string of the molecule is COC(=O)CC1=CN2C(=O)c3cc(OC)c(-c4cc5c(cc4OC)N=C[C@@H]4CC(CC(=O)OC)=CN4C5=O)cc3N=CC2C1. The van der Waals surface area contributed by atoms with Gasteiger partial charge < -0.3 is 28.7 Å². The number of carbonyl (C=O) groups is 4. The quantitative estimate of drug-likeness (QED) is 0.434. The predicted molar refractivity (Wildman–Crippen MR) is 160 cm³/mol. The van der Waals surface area contributed by atoms with Crippen molar-refractivity contribution >= 4 is 47.6 Å². The molecule has 2 aromatic rings. The molecule has 44 heavy (non-hydrogen) atoms. The van der Waals surface area contributed by atoms with E-state index >= 15 is 0 Å². The van der Waals surface area contributed by atoms with Crippen molar-refractivity contribution < 1.29 is 38.1 Å². The van der Waals surface area contributed by atoms with Gasteiger partial charge in [-0.05, 0) is 42.2 Å². The molecule has 0 N–H and O–H groups in total. The predicted octanol–water partition coefficient (Wildman–Crippen LogP) is 4.13. The van der Waals surface area contributed by atoms with E-state index < -0.39 is 0 Å². The molecule has 6 rings (SSSR count). The van der Waals surface area contributed by atoms with E-state index in [1.165, 1.54) is 28.4 Å². The summed E-state index contributed by atoms with van der Waals surface area (Å²) in [6.45, 7) is 0. The van der Waals surface area contributed by atoms with Gasteiger partial charge in [0.25, 0.3) is 11.8 Å². The molecule has 0 aliphatic carbocycles. The molecule has 2 aromatic carbocycles. The lowest BCUT2D eigenvalue weighted by Crippen LogP contribution is -2.32. The van der Waals surface area contributed by atoms with Crippen LogP contribution >= 0.6 is 0 Å². The monoisotopic (exact) mass is 598 g/mol. The van der Waals surface area contributed by atoms with Crippen LogP contribution in [0.2, 0.25) is 0 Å². The van der Waals surface area contributed by atoms with E-state index in [1.54, 1.807) is 58.9 Å². The molecule has 4 heterocycles. The molecule has 0 fully saturated rings. The van der Waals surface area contributed by atoms with Gasteiger partial charge in [0.05, 0.1) is 75.9 Å². The van der Waals surface area contributed by atoms with Gasteiger partial charge in [-0.2, -0.15) is 0 Å². The second-order valence-corrected chi connectivity index (χ2v) is 10.7. The highest BCUT2D eigenvalue weighted by Crippen LogP contribution is 2.45. The summed E-state index contributed by atoms with van der Waals surface area (Å²) in [5.74, 6) is -0.465. The van der Waals surface area contributed by atoms with Gasteiger partial charge in [0.15, 0.2) is 0 Å². The third-order valence-corrected chi connectivity index (χ3v) is 8.13. The number of carbonyl (C=O) groups excluding carboxylic acids is 4. The molecule has 2 atom stereocenters. The van der Waals surface area contributed by atoms with Crippen LogP contribution in [0.1, 0.15) is 46.4 Å². The summed E-state index contributed by atoms with van der Waals surface area (Å²) in [6, 6.07) is 6.10. The second kappa shape index (κ2) is 11.4. The largest absolute Gasteiger partial charge is 0.496 e. The smallest absolute Gasteiger partial charge is 0.309 e. The van der Waals surface area contributed by atoms with Crippen LogP contribution in [0.4, 0.5) is 11.4 Å². The molecule has 12 nitrogen and oxygen atoms in total. The van der Waals surface area contributed by atoms with Gasteiger partial charge in [-0.25, -0.2) is 0 Å². The minimum absolute atomic E-state index is 0.0948. The highest BCUT2D eigenvalue weighted by Gasteiger charge is 2.36. The number of esters is 2. The van der Waals surface area contributed by atoms with Crippen LogP contribution in [0.15, 0.2) is 57.8 Å². The topological polar surface area (TPSA) is 136 Å². The Labute approximate surface area is 253 Å². The third kappa shape index (κ3) is 5.01. The lowest BCUT2D eigenvalue weighted by molar-refractivity contribution is -0.140. The highest BCUT2D eigenvalue weighted by atomic mass is 16.5. The van der Waals surface area contributed by atoms with Crippen molar-refractivity contribution in [1.29, 1.82) is 0 Å². The Morgan fingerprint density at radius 1 is 0.682 bits per heavy atom. The van der Waals surface area contributed by atoms with E-state index in [0.717, 1.165) is 11.1 Å². The minimum Gasteiger partial charge on any atom is -0.496 e. The molecule has 2 amide bonds. The zero-order valence-corrected chi connectivity index (χ0v) is 24.7. The van der Waals surface area contributed by atoms with Crippen molar-refractivity contribution in [3.05, 3.63) is 58.9 Å². The number of hydrogen-bond donors (Lipinski definition) is 0.